The van der Waals surface area contributed by atoms with Gasteiger partial charge in [0.1, 0.15) is 5.60 Å². The molecule has 0 fully saturated rings. The summed E-state index contributed by atoms with van der Waals surface area (Å²) < 4.78 is 5.09. The third kappa shape index (κ3) is 9.47. The summed E-state index contributed by atoms with van der Waals surface area (Å²) in [5.41, 5.74) is -0.461. The lowest BCUT2D eigenvalue weighted by molar-refractivity contribution is 0.0529. The number of carbonyl (C=O) groups excluding carboxylic acids is 1. The highest BCUT2D eigenvalue weighted by molar-refractivity contribution is 5.79. The number of hydrogen-bond acceptors (Lipinski definition) is 3. The first kappa shape index (κ1) is 15.5. The molecular weight excluding hydrogens is 220 g/mol. The molecule has 0 bridgehead atoms. The summed E-state index contributed by atoms with van der Waals surface area (Å²) in [6.07, 6.45) is -0.405. The molecular formula is C11H24N4O2. The van der Waals surface area contributed by atoms with Crippen LogP contribution in [0.2, 0.25) is 0 Å². The molecule has 0 aromatic carbocycles. The summed E-state index contributed by atoms with van der Waals surface area (Å²) in [4.78, 5) is 15.3. The molecule has 17 heavy (non-hydrogen) atoms. The van der Waals surface area contributed by atoms with Crippen molar-refractivity contribution >= 4 is 12.1 Å². The number of rotatable bonds is 4. The molecule has 0 atom stereocenters. The second-order valence-electron chi connectivity index (χ2n) is 4.46. The van der Waals surface area contributed by atoms with Gasteiger partial charge in [-0.25, -0.2) is 4.79 Å². The molecule has 0 radical (unpaired) electrons. The van der Waals surface area contributed by atoms with Crippen molar-refractivity contribution in [2.45, 2.75) is 33.3 Å². The maximum atomic E-state index is 11.3. The SMILES string of the molecule is CCNC(=NC)NCCNC(=O)OC(C)(C)C. The minimum Gasteiger partial charge on any atom is -0.444 e. The molecule has 0 saturated heterocycles. The van der Waals surface area contributed by atoms with Gasteiger partial charge in [-0.3, -0.25) is 4.99 Å². The predicted molar refractivity (Wildman–Crippen MR) is 69.3 cm³/mol. The van der Waals surface area contributed by atoms with Crippen molar-refractivity contribution < 1.29 is 9.53 Å². The van der Waals surface area contributed by atoms with Gasteiger partial charge in [-0.2, -0.15) is 0 Å². The molecule has 0 aromatic heterocycles. The number of nitrogens with one attached hydrogen (secondary N) is 3. The summed E-state index contributed by atoms with van der Waals surface area (Å²) >= 11 is 0. The number of carbonyl (C=O) groups is 1. The fourth-order valence-corrected chi connectivity index (χ4v) is 1.05. The topological polar surface area (TPSA) is 74.8 Å². The first-order chi connectivity index (χ1) is 7.89. The van der Waals surface area contributed by atoms with Crippen molar-refractivity contribution in [3.05, 3.63) is 0 Å². The van der Waals surface area contributed by atoms with Crippen molar-refractivity contribution in [1.29, 1.82) is 0 Å². The molecule has 0 unspecified atom stereocenters. The van der Waals surface area contributed by atoms with E-state index >= 15 is 0 Å². The van der Waals surface area contributed by atoms with E-state index in [0.29, 0.717) is 13.1 Å². The van der Waals surface area contributed by atoms with Crippen LogP contribution in [-0.2, 0) is 4.74 Å². The number of aliphatic imine (C=N–C) groups is 1. The summed E-state index contributed by atoms with van der Waals surface area (Å²) in [5.74, 6) is 0.721. The normalized spacial score (nSPS) is 11.9. The molecule has 0 aliphatic rings. The monoisotopic (exact) mass is 244 g/mol. The van der Waals surface area contributed by atoms with Crippen molar-refractivity contribution in [3.63, 3.8) is 0 Å². The molecule has 0 aliphatic heterocycles. The average Bonchev–Trinajstić information content (AvgIpc) is 2.20. The summed E-state index contributed by atoms with van der Waals surface area (Å²) in [7, 11) is 1.70. The number of amides is 1. The Bertz CT molecular complexity index is 259. The van der Waals surface area contributed by atoms with Crippen LogP contribution in [0.4, 0.5) is 4.79 Å². The average molecular weight is 244 g/mol. The lowest BCUT2D eigenvalue weighted by Gasteiger charge is -2.19. The van der Waals surface area contributed by atoms with Crippen molar-refractivity contribution in [2.24, 2.45) is 4.99 Å². The van der Waals surface area contributed by atoms with Crippen LogP contribution in [0.3, 0.4) is 0 Å². The Balaban J connectivity index is 3.67. The van der Waals surface area contributed by atoms with E-state index in [1.54, 1.807) is 7.05 Å². The Kier molecular flexibility index (Phi) is 7.09. The third-order valence-electron chi connectivity index (χ3n) is 1.65. The van der Waals surface area contributed by atoms with Gasteiger partial charge in [0.2, 0.25) is 0 Å². The molecule has 6 nitrogen and oxygen atoms in total. The first-order valence-corrected chi connectivity index (χ1v) is 5.80. The van der Waals surface area contributed by atoms with Gasteiger partial charge in [0, 0.05) is 26.7 Å². The summed E-state index contributed by atoms with van der Waals surface area (Å²) in [5, 5.41) is 8.77. The second-order valence-corrected chi connectivity index (χ2v) is 4.46. The van der Waals surface area contributed by atoms with Gasteiger partial charge in [0.25, 0.3) is 0 Å². The van der Waals surface area contributed by atoms with Gasteiger partial charge in [-0.1, -0.05) is 0 Å². The van der Waals surface area contributed by atoms with Gasteiger partial charge in [-0.15, -0.1) is 0 Å². The van der Waals surface area contributed by atoms with Crippen LogP contribution in [0.1, 0.15) is 27.7 Å². The molecule has 0 rings (SSSR count). The predicted octanol–water partition coefficient (Wildman–Crippen LogP) is 0.696. The lowest BCUT2D eigenvalue weighted by atomic mass is 10.2. The summed E-state index contributed by atoms with van der Waals surface area (Å²) in [6.45, 7) is 9.37. The molecule has 0 spiro atoms. The Labute approximate surface area is 103 Å². The van der Waals surface area contributed by atoms with Gasteiger partial charge in [-0.05, 0) is 27.7 Å². The largest absolute Gasteiger partial charge is 0.444 e. The van der Waals surface area contributed by atoms with E-state index in [1.807, 2.05) is 27.7 Å². The smallest absolute Gasteiger partial charge is 0.407 e. The Morgan fingerprint density at radius 1 is 1.18 bits per heavy atom. The molecule has 3 N–H and O–H groups in total. The third-order valence-corrected chi connectivity index (χ3v) is 1.65. The van der Waals surface area contributed by atoms with Gasteiger partial charge in [0.15, 0.2) is 5.96 Å². The van der Waals surface area contributed by atoms with E-state index < -0.39 is 11.7 Å². The Hall–Kier alpha value is -1.46. The first-order valence-electron chi connectivity index (χ1n) is 5.80. The van der Waals surface area contributed by atoms with E-state index in [9.17, 15) is 4.79 Å². The highest BCUT2D eigenvalue weighted by Gasteiger charge is 2.15. The lowest BCUT2D eigenvalue weighted by Crippen LogP contribution is -2.42. The molecule has 0 aromatic rings. The highest BCUT2D eigenvalue weighted by atomic mass is 16.6. The van der Waals surface area contributed by atoms with Crippen LogP contribution in [-0.4, -0.2) is 44.3 Å². The van der Waals surface area contributed by atoms with E-state index in [2.05, 4.69) is 20.9 Å². The minimum absolute atomic E-state index is 0.405. The highest BCUT2D eigenvalue weighted by Crippen LogP contribution is 2.05. The van der Waals surface area contributed by atoms with Crippen LogP contribution in [0.25, 0.3) is 0 Å². The van der Waals surface area contributed by atoms with Crippen LogP contribution in [0.5, 0.6) is 0 Å². The maximum absolute atomic E-state index is 11.3. The molecule has 1 amide bonds. The Morgan fingerprint density at radius 2 is 1.76 bits per heavy atom. The van der Waals surface area contributed by atoms with Gasteiger partial charge < -0.3 is 20.7 Å². The van der Waals surface area contributed by atoms with Crippen molar-refractivity contribution in [1.82, 2.24) is 16.0 Å². The van der Waals surface area contributed by atoms with Crippen molar-refractivity contribution in [3.8, 4) is 0 Å². The zero-order valence-corrected chi connectivity index (χ0v) is 11.4. The maximum Gasteiger partial charge on any atom is 0.407 e. The van der Waals surface area contributed by atoms with E-state index in [1.165, 1.54) is 0 Å². The van der Waals surface area contributed by atoms with E-state index in [-0.39, 0.29) is 0 Å². The molecule has 0 saturated carbocycles. The van der Waals surface area contributed by atoms with Crippen LogP contribution < -0.4 is 16.0 Å². The second kappa shape index (κ2) is 7.76. The van der Waals surface area contributed by atoms with Crippen LogP contribution in [0.15, 0.2) is 4.99 Å². The minimum atomic E-state index is -0.461. The van der Waals surface area contributed by atoms with E-state index in [4.69, 9.17) is 4.74 Å². The fraction of sp³-hybridized carbons (Fsp3) is 0.818. The quantitative estimate of drug-likeness (QED) is 0.386. The number of guanidine groups is 1. The van der Waals surface area contributed by atoms with Crippen LogP contribution in [0, 0.1) is 0 Å². The number of ether oxygens (including phenoxy) is 1. The van der Waals surface area contributed by atoms with Crippen LogP contribution >= 0.6 is 0 Å². The fourth-order valence-electron chi connectivity index (χ4n) is 1.05. The molecule has 100 valence electrons. The Morgan fingerprint density at radius 3 is 2.24 bits per heavy atom. The zero-order valence-electron chi connectivity index (χ0n) is 11.4. The van der Waals surface area contributed by atoms with Gasteiger partial charge >= 0.3 is 6.09 Å². The molecule has 0 heterocycles. The number of hydrogen-bond donors (Lipinski definition) is 3. The van der Waals surface area contributed by atoms with Gasteiger partial charge in [0.05, 0.1) is 0 Å². The molecule has 6 heteroatoms. The number of nitrogens with zero attached hydrogens (tertiary/aromatic N) is 1. The standard InChI is InChI=1S/C11H24N4O2/c1-6-13-9(12-5)14-7-8-15-10(16)17-11(2,3)4/h6-8H2,1-5H3,(H,15,16)(H2,12,13,14). The number of alkyl carbamates (subject to hydrolysis) is 1. The molecule has 0 aliphatic carbocycles. The zero-order chi connectivity index (χ0) is 13.3. The van der Waals surface area contributed by atoms with E-state index in [0.717, 1.165) is 12.5 Å². The summed E-state index contributed by atoms with van der Waals surface area (Å²) in [6, 6.07) is 0. The van der Waals surface area contributed by atoms with Crippen molar-refractivity contribution in [2.75, 3.05) is 26.7 Å².